The smallest absolute Gasteiger partial charge is 0.193 e. The molecule has 20 heavy (non-hydrogen) atoms. The first-order valence-corrected chi connectivity index (χ1v) is 6.77. The summed E-state index contributed by atoms with van der Waals surface area (Å²) in [4.78, 5) is 12.6. The predicted molar refractivity (Wildman–Crippen MR) is 82.1 cm³/mol. The van der Waals surface area contributed by atoms with E-state index in [1.165, 1.54) is 0 Å². The Morgan fingerprint density at radius 2 is 1.70 bits per heavy atom. The van der Waals surface area contributed by atoms with Gasteiger partial charge in [-0.15, -0.1) is 0 Å². The Balaban J connectivity index is 2.50. The molecule has 0 unspecified atom stereocenters. The van der Waals surface area contributed by atoms with E-state index < -0.39 is 0 Å². The van der Waals surface area contributed by atoms with Gasteiger partial charge in [0.25, 0.3) is 0 Å². The summed E-state index contributed by atoms with van der Waals surface area (Å²) in [5, 5.41) is 0.580. The van der Waals surface area contributed by atoms with Crippen LogP contribution in [0.15, 0.2) is 30.3 Å². The summed E-state index contributed by atoms with van der Waals surface area (Å²) in [5.41, 5.74) is 4.12. The van der Waals surface area contributed by atoms with Gasteiger partial charge in [-0.3, -0.25) is 4.79 Å². The van der Waals surface area contributed by atoms with Crippen molar-refractivity contribution in [2.45, 2.75) is 20.8 Å². The number of hydrogen-bond acceptors (Lipinski definition) is 2. The summed E-state index contributed by atoms with van der Waals surface area (Å²) >= 11 is 6.03. The van der Waals surface area contributed by atoms with Crippen molar-refractivity contribution in [3.63, 3.8) is 0 Å². The standard InChI is InChI=1S/C17H17ClO2/c1-10-5-13(9-14(18)6-10)17(19)15-7-12(3)16(20-4)8-11(15)2/h5-9H,1-4H3. The first-order chi connectivity index (χ1) is 9.42. The van der Waals surface area contributed by atoms with Crippen molar-refractivity contribution in [2.24, 2.45) is 0 Å². The maximum atomic E-state index is 12.6. The Labute approximate surface area is 124 Å². The molecule has 0 saturated heterocycles. The first kappa shape index (κ1) is 14.6. The molecule has 0 radical (unpaired) electrons. The summed E-state index contributed by atoms with van der Waals surface area (Å²) in [6.07, 6.45) is 0. The molecule has 0 aliphatic carbocycles. The molecule has 2 nitrogen and oxygen atoms in total. The van der Waals surface area contributed by atoms with Crippen molar-refractivity contribution < 1.29 is 9.53 Å². The minimum Gasteiger partial charge on any atom is -0.496 e. The number of ether oxygens (including phenoxy) is 1. The third-order valence-electron chi connectivity index (χ3n) is 3.29. The van der Waals surface area contributed by atoms with Crippen LogP contribution in [0, 0.1) is 20.8 Å². The minimum absolute atomic E-state index is 0.0150. The van der Waals surface area contributed by atoms with E-state index in [0.29, 0.717) is 16.1 Å². The lowest BCUT2D eigenvalue weighted by Crippen LogP contribution is -2.05. The number of carbonyl (C=O) groups is 1. The summed E-state index contributed by atoms with van der Waals surface area (Å²) in [6, 6.07) is 9.15. The van der Waals surface area contributed by atoms with Gasteiger partial charge in [-0.2, -0.15) is 0 Å². The van der Waals surface area contributed by atoms with E-state index in [2.05, 4.69) is 0 Å². The molecule has 0 fully saturated rings. The summed E-state index contributed by atoms with van der Waals surface area (Å²) < 4.78 is 5.27. The number of methoxy groups -OCH3 is 1. The summed E-state index contributed by atoms with van der Waals surface area (Å²) in [5.74, 6) is 0.778. The van der Waals surface area contributed by atoms with Crippen LogP contribution < -0.4 is 4.74 Å². The zero-order valence-corrected chi connectivity index (χ0v) is 12.8. The molecule has 0 aliphatic rings. The minimum atomic E-state index is -0.0150. The molecule has 0 saturated carbocycles. The zero-order chi connectivity index (χ0) is 14.9. The second kappa shape index (κ2) is 5.68. The second-order valence-electron chi connectivity index (χ2n) is 4.98. The fourth-order valence-corrected chi connectivity index (χ4v) is 2.57. The Bertz CT molecular complexity index is 655. The number of benzene rings is 2. The topological polar surface area (TPSA) is 26.3 Å². The van der Waals surface area contributed by atoms with Crippen LogP contribution in [0.2, 0.25) is 5.02 Å². The second-order valence-corrected chi connectivity index (χ2v) is 5.42. The Kier molecular flexibility index (Phi) is 4.15. The average molecular weight is 289 g/mol. The summed E-state index contributed by atoms with van der Waals surface area (Å²) in [6.45, 7) is 5.76. The van der Waals surface area contributed by atoms with Crippen LogP contribution in [-0.2, 0) is 0 Å². The van der Waals surface area contributed by atoms with Crippen molar-refractivity contribution in [3.8, 4) is 5.75 Å². The van der Waals surface area contributed by atoms with E-state index in [4.69, 9.17) is 16.3 Å². The molecule has 2 rings (SSSR count). The van der Waals surface area contributed by atoms with Gasteiger partial charge < -0.3 is 4.74 Å². The molecule has 2 aromatic rings. The Morgan fingerprint density at radius 3 is 2.30 bits per heavy atom. The van der Waals surface area contributed by atoms with Crippen LogP contribution in [0.1, 0.15) is 32.6 Å². The van der Waals surface area contributed by atoms with E-state index in [-0.39, 0.29) is 5.78 Å². The highest BCUT2D eigenvalue weighted by Crippen LogP contribution is 2.25. The van der Waals surface area contributed by atoms with E-state index in [0.717, 1.165) is 22.4 Å². The van der Waals surface area contributed by atoms with Gasteiger partial charge in [0.1, 0.15) is 5.75 Å². The molecule has 104 valence electrons. The molecule has 0 aliphatic heterocycles. The van der Waals surface area contributed by atoms with Crippen LogP contribution in [0.3, 0.4) is 0 Å². The van der Waals surface area contributed by atoms with Crippen LogP contribution in [0.4, 0.5) is 0 Å². The quantitative estimate of drug-likeness (QED) is 0.777. The van der Waals surface area contributed by atoms with Crippen LogP contribution >= 0.6 is 11.6 Å². The molecule has 0 aromatic heterocycles. The van der Waals surface area contributed by atoms with Gasteiger partial charge in [0.05, 0.1) is 7.11 Å². The van der Waals surface area contributed by atoms with E-state index in [1.807, 2.05) is 45.0 Å². The lowest BCUT2D eigenvalue weighted by Gasteiger charge is -2.11. The van der Waals surface area contributed by atoms with Gasteiger partial charge in [-0.05, 0) is 67.8 Å². The van der Waals surface area contributed by atoms with Crippen molar-refractivity contribution in [2.75, 3.05) is 7.11 Å². The van der Waals surface area contributed by atoms with E-state index >= 15 is 0 Å². The highest BCUT2D eigenvalue weighted by Gasteiger charge is 2.15. The Morgan fingerprint density at radius 1 is 1.00 bits per heavy atom. The number of aryl methyl sites for hydroxylation is 3. The Hall–Kier alpha value is -1.80. The number of hydrogen-bond donors (Lipinski definition) is 0. The number of ketones is 1. The molecule has 2 aromatic carbocycles. The van der Waals surface area contributed by atoms with Crippen molar-refractivity contribution in [3.05, 3.63) is 63.2 Å². The van der Waals surface area contributed by atoms with Crippen LogP contribution in [-0.4, -0.2) is 12.9 Å². The molecule has 0 N–H and O–H groups in total. The van der Waals surface area contributed by atoms with Gasteiger partial charge in [-0.25, -0.2) is 0 Å². The SMILES string of the molecule is COc1cc(C)c(C(=O)c2cc(C)cc(Cl)c2)cc1C. The third-order valence-corrected chi connectivity index (χ3v) is 3.51. The monoisotopic (exact) mass is 288 g/mol. The number of halogens is 1. The molecule has 0 amide bonds. The van der Waals surface area contributed by atoms with Crippen molar-refractivity contribution in [1.29, 1.82) is 0 Å². The molecule has 0 atom stereocenters. The van der Waals surface area contributed by atoms with Gasteiger partial charge in [0.2, 0.25) is 0 Å². The molecular weight excluding hydrogens is 272 g/mol. The third kappa shape index (κ3) is 2.86. The predicted octanol–water partition coefficient (Wildman–Crippen LogP) is 4.50. The largest absolute Gasteiger partial charge is 0.496 e. The van der Waals surface area contributed by atoms with Crippen molar-refractivity contribution >= 4 is 17.4 Å². The molecule has 0 heterocycles. The number of rotatable bonds is 3. The van der Waals surface area contributed by atoms with E-state index in [1.54, 1.807) is 13.2 Å². The lowest BCUT2D eigenvalue weighted by atomic mass is 9.96. The van der Waals surface area contributed by atoms with Crippen LogP contribution in [0.25, 0.3) is 0 Å². The summed E-state index contributed by atoms with van der Waals surface area (Å²) in [7, 11) is 1.63. The maximum Gasteiger partial charge on any atom is 0.193 e. The fourth-order valence-electron chi connectivity index (χ4n) is 2.28. The van der Waals surface area contributed by atoms with Gasteiger partial charge >= 0.3 is 0 Å². The number of carbonyl (C=O) groups excluding carboxylic acids is 1. The fraction of sp³-hybridized carbons (Fsp3) is 0.235. The lowest BCUT2D eigenvalue weighted by molar-refractivity contribution is 0.103. The maximum absolute atomic E-state index is 12.6. The highest BCUT2D eigenvalue weighted by molar-refractivity contribution is 6.31. The molecule has 3 heteroatoms. The van der Waals surface area contributed by atoms with Gasteiger partial charge in [0.15, 0.2) is 5.78 Å². The normalized spacial score (nSPS) is 10.4. The molecular formula is C17H17ClO2. The average Bonchev–Trinajstić information content (AvgIpc) is 2.39. The first-order valence-electron chi connectivity index (χ1n) is 6.39. The van der Waals surface area contributed by atoms with Gasteiger partial charge in [-0.1, -0.05) is 11.6 Å². The molecule has 0 spiro atoms. The van der Waals surface area contributed by atoms with Gasteiger partial charge in [0, 0.05) is 16.1 Å². The van der Waals surface area contributed by atoms with Crippen molar-refractivity contribution in [1.82, 2.24) is 0 Å². The highest BCUT2D eigenvalue weighted by atomic mass is 35.5. The van der Waals surface area contributed by atoms with E-state index in [9.17, 15) is 4.79 Å². The molecule has 0 bridgehead atoms. The zero-order valence-electron chi connectivity index (χ0n) is 12.1. The van der Waals surface area contributed by atoms with Crippen LogP contribution in [0.5, 0.6) is 5.75 Å².